The van der Waals surface area contributed by atoms with Crippen molar-refractivity contribution in [2.24, 2.45) is 0 Å². The zero-order valence-corrected chi connectivity index (χ0v) is 11.9. The summed E-state index contributed by atoms with van der Waals surface area (Å²) in [6, 6.07) is 0. The average molecular weight is 282 g/mol. The van der Waals surface area contributed by atoms with Crippen LogP contribution in [0.25, 0.3) is 0 Å². The molecule has 0 bridgehead atoms. The smallest absolute Gasteiger partial charge is 0.306 e. The van der Waals surface area contributed by atoms with Gasteiger partial charge < -0.3 is 9.84 Å². The summed E-state index contributed by atoms with van der Waals surface area (Å²) in [5.74, 6) is -0.460. The Bertz CT molecular complexity index is 344. The van der Waals surface area contributed by atoms with Crippen LogP contribution in [-0.4, -0.2) is 57.1 Å². The molecule has 1 unspecified atom stereocenters. The molecule has 0 aromatic heterocycles. The highest BCUT2D eigenvalue weighted by Gasteiger charge is 2.18. The minimum atomic E-state index is -3.60. The summed E-state index contributed by atoms with van der Waals surface area (Å²) >= 11 is 0. The van der Waals surface area contributed by atoms with Crippen LogP contribution in [0.3, 0.4) is 0 Å². The van der Waals surface area contributed by atoms with E-state index in [1.165, 1.54) is 14.2 Å². The number of ether oxygens (including phenoxy) is 1. The van der Waals surface area contributed by atoms with Gasteiger partial charge in [-0.3, -0.25) is 4.79 Å². The molecule has 0 heterocycles. The molecular formula is C10H22N2O5S. The van der Waals surface area contributed by atoms with E-state index in [-0.39, 0.29) is 19.5 Å². The van der Waals surface area contributed by atoms with Crippen LogP contribution in [0.15, 0.2) is 0 Å². The molecule has 108 valence electrons. The lowest BCUT2D eigenvalue weighted by molar-refractivity contribution is -0.140. The number of methoxy groups -OCH3 is 1. The van der Waals surface area contributed by atoms with Crippen molar-refractivity contribution in [2.75, 3.05) is 27.2 Å². The Hall–Kier alpha value is -0.700. The molecule has 0 aromatic carbocycles. The predicted octanol–water partition coefficient (Wildman–Crippen LogP) is -0.523. The predicted molar refractivity (Wildman–Crippen MR) is 67.1 cm³/mol. The Balaban J connectivity index is 4.07. The summed E-state index contributed by atoms with van der Waals surface area (Å²) in [4.78, 5) is 10.9. The molecule has 0 saturated carbocycles. The van der Waals surface area contributed by atoms with Gasteiger partial charge in [0.15, 0.2) is 0 Å². The van der Waals surface area contributed by atoms with Crippen LogP contribution in [0.1, 0.15) is 26.2 Å². The minimum absolute atomic E-state index is 0.00545. The number of hydrogen-bond donors (Lipinski definition) is 2. The number of carbonyl (C=O) groups excluding carboxylic acids is 1. The van der Waals surface area contributed by atoms with Crippen molar-refractivity contribution in [3.8, 4) is 0 Å². The standard InChI is InChI=1S/C10H22N2O5S/c1-4-9(13)5-7-11-18(15,16)12(2)8-6-10(14)17-3/h9,11,13H,4-8H2,1-3H3. The molecule has 0 spiro atoms. The van der Waals surface area contributed by atoms with Gasteiger partial charge in [0.2, 0.25) is 0 Å². The van der Waals surface area contributed by atoms with Gasteiger partial charge in [-0.2, -0.15) is 12.7 Å². The Morgan fingerprint density at radius 2 is 2.11 bits per heavy atom. The average Bonchev–Trinajstić information content (AvgIpc) is 2.34. The first-order valence-electron chi connectivity index (χ1n) is 5.79. The van der Waals surface area contributed by atoms with Gasteiger partial charge in [0.25, 0.3) is 10.2 Å². The summed E-state index contributed by atoms with van der Waals surface area (Å²) in [5.41, 5.74) is 0. The summed E-state index contributed by atoms with van der Waals surface area (Å²) in [6.45, 7) is 2.04. The molecule has 1 atom stereocenters. The van der Waals surface area contributed by atoms with Crippen LogP contribution in [0, 0.1) is 0 Å². The molecule has 0 radical (unpaired) electrons. The third kappa shape index (κ3) is 6.90. The van der Waals surface area contributed by atoms with Crippen LogP contribution in [0.2, 0.25) is 0 Å². The second kappa shape index (κ2) is 8.41. The van der Waals surface area contributed by atoms with Crippen molar-refractivity contribution < 1.29 is 23.1 Å². The molecule has 0 fully saturated rings. The highest BCUT2D eigenvalue weighted by atomic mass is 32.2. The normalized spacial score (nSPS) is 13.6. The van der Waals surface area contributed by atoms with Gasteiger partial charge in [-0.15, -0.1) is 0 Å². The van der Waals surface area contributed by atoms with Crippen LogP contribution < -0.4 is 4.72 Å². The summed E-state index contributed by atoms with van der Waals surface area (Å²) < 4.78 is 31.2. The number of nitrogens with one attached hydrogen (secondary N) is 1. The molecule has 8 heteroatoms. The highest BCUT2D eigenvalue weighted by molar-refractivity contribution is 7.87. The Labute approximate surface area is 108 Å². The molecular weight excluding hydrogens is 260 g/mol. The van der Waals surface area contributed by atoms with Gasteiger partial charge in [-0.05, 0) is 12.8 Å². The third-order valence-electron chi connectivity index (χ3n) is 2.50. The summed E-state index contributed by atoms with van der Waals surface area (Å²) in [7, 11) is -0.976. The van der Waals surface area contributed by atoms with E-state index in [9.17, 15) is 18.3 Å². The van der Waals surface area contributed by atoms with Gasteiger partial charge in [-0.1, -0.05) is 6.92 Å². The Morgan fingerprint density at radius 3 is 2.61 bits per heavy atom. The molecule has 2 N–H and O–H groups in total. The van der Waals surface area contributed by atoms with Gasteiger partial charge in [0.1, 0.15) is 0 Å². The number of nitrogens with zero attached hydrogens (tertiary/aromatic N) is 1. The minimum Gasteiger partial charge on any atom is -0.469 e. The number of hydrogen-bond acceptors (Lipinski definition) is 5. The first kappa shape index (κ1) is 17.3. The van der Waals surface area contributed by atoms with Crippen molar-refractivity contribution in [3.05, 3.63) is 0 Å². The van der Waals surface area contributed by atoms with Crippen molar-refractivity contribution in [2.45, 2.75) is 32.3 Å². The maximum atomic E-state index is 11.7. The zero-order chi connectivity index (χ0) is 14.2. The topological polar surface area (TPSA) is 95.9 Å². The van der Waals surface area contributed by atoms with E-state index in [0.717, 1.165) is 4.31 Å². The largest absolute Gasteiger partial charge is 0.469 e. The van der Waals surface area contributed by atoms with Crippen molar-refractivity contribution in [1.29, 1.82) is 0 Å². The van der Waals surface area contributed by atoms with Crippen LogP contribution >= 0.6 is 0 Å². The zero-order valence-electron chi connectivity index (χ0n) is 11.0. The fourth-order valence-electron chi connectivity index (χ4n) is 1.14. The molecule has 0 saturated heterocycles. The highest BCUT2D eigenvalue weighted by Crippen LogP contribution is 1.99. The van der Waals surface area contributed by atoms with Crippen molar-refractivity contribution in [1.82, 2.24) is 9.03 Å². The molecule has 0 rings (SSSR count). The molecule has 0 aliphatic heterocycles. The lowest BCUT2D eigenvalue weighted by Crippen LogP contribution is -2.40. The van der Waals surface area contributed by atoms with Gasteiger partial charge >= 0.3 is 5.97 Å². The molecule has 0 aromatic rings. The molecule has 7 nitrogen and oxygen atoms in total. The molecule has 0 amide bonds. The van der Waals surface area contributed by atoms with Crippen LogP contribution in [0.5, 0.6) is 0 Å². The maximum absolute atomic E-state index is 11.7. The second-order valence-electron chi connectivity index (χ2n) is 3.90. The lowest BCUT2D eigenvalue weighted by Gasteiger charge is -2.17. The van der Waals surface area contributed by atoms with Gasteiger partial charge in [0, 0.05) is 20.1 Å². The molecule has 0 aliphatic rings. The van der Waals surface area contributed by atoms with E-state index in [0.29, 0.717) is 12.8 Å². The van der Waals surface area contributed by atoms with E-state index < -0.39 is 22.3 Å². The van der Waals surface area contributed by atoms with Crippen LogP contribution in [-0.2, 0) is 19.7 Å². The lowest BCUT2D eigenvalue weighted by atomic mass is 10.2. The number of esters is 1. The number of aliphatic hydroxyl groups excluding tert-OH is 1. The Morgan fingerprint density at radius 1 is 1.50 bits per heavy atom. The first-order valence-corrected chi connectivity index (χ1v) is 7.23. The fraction of sp³-hybridized carbons (Fsp3) is 0.900. The number of rotatable bonds is 9. The van der Waals surface area contributed by atoms with E-state index in [1.54, 1.807) is 0 Å². The Kier molecular flexibility index (Phi) is 8.08. The first-order chi connectivity index (χ1) is 8.33. The van der Waals surface area contributed by atoms with Crippen LogP contribution in [0.4, 0.5) is 0 Å². The van der Waals surface area contributed by atoms with E-state index in [1.807, 2.05) is 6.92 Å². The molecule has 18 heavy (non-hydrogen) atoms. The van der Waals surface area contributed by atoms with Gasteiger partial charge in [-0.25, -0.2) is 4.72 Å². The monoisotopic (exact) mass is 282 g/mol. The van der Waals surface area contributed by atoms with Crippen molar-refractivity contribution >= 4 is 16.2 Å². The third-order valence-corrected chi connectivity index (χ3v) is 4.07. The number of carbonyl (C=O) groups is 1. The molecule has 0 aliphatic carbocycles. The van der Waals surface area contributed by atoms with Crippen molar-refractivity contribution in [3.63, 3.8) is 0 Å². The number of aliphatic hydroxyl groups is 1. The SMILES string of the molecule is CCC(O)CCNS(=O)(=O)N(C)CCC(=O)OC. The van der Waals surface area contributed by atoms with E-state index >= 15 is 0 Å². The quantitative estimate of drug-likeness (QED) is 0.555. The fourth-order valence-corrected chi connectivity index (χ4v) is 2.07. The van der Waals surface area contributed by atoms with Gasteiger partial charge in [0.05, 0.1) is 19.6 Å². The maximum Gasteiger partial charge on any atom is 0.306 e. The second-order valence-corrected chi connectivity index (χ2v) is 5.76. The van der Waals surface area contributed by atoms with E-state index in [4.69, 9.17) is 0 Å². The summed E-state index contributed by atoms with van der Waals surface area (Å²) in [6.07, 6.45) is 0.444. The van der Waals surface area contributed by atoms with E-state index in [2.05, 4.69) is 9.46 Å². The summed E-state index contributed by atoms with van der Waals surface area (Å²) in [5, 5.41) is 9.29.